The van der Waals surface area contributed by atoms with Crippen molar-refractivity contribution in [2.24, 2.45) is 0 Å². The largest absolute Gasteiger partial charge is 0.481 e. The maximum atomic E-state index is 12.5. The minimum atomic E-state index is -4.73. The first-order valence-corrected chi connectivity index (χ1v) is 7.88. The van der Waals surface area contributed by atoms with Crippen molar-refractivity contribution in [1.82, 2.24) is 15.0 Å². The summed E-state index contributed by atoms with van der Waals surface area (Å²) in [6.45, 7) is 0.688. The number of benzene rings is 1. The van der Waals surface area contributed by atoms with Crippen molar-refractivity contribution in [3.63, 3.8) is 0 Å². The molecule has 1 aromatic carbocycles. The average Bonchev–Trinajstić information content (AvgIpc) is 3.11. The lowest BCUT2D eigenvalue weighted by atomic mass is 10.1. The van der Waals surface area contributed by atoms with Crippen LogP contribution in [0, 0.1) is 0 Å². The number of halogens is 3. The predicted molar refractivity (Wildman–Crippen MR) is 82.6 cm³/mol. The molecule has 1 amide bonds. The second-order valence-corrected chi connectivity index (χ2v) is 5.84. The number of carbonyl (C=O) groups is 2. The number of carboxylic acid groups (broad SMARTS) is 1. The molecular formula is C16H14F3N3O5. The molecular weight excluding hydrogens is 371 g/mol. The van der Waals surface area contributed by atoms with Crippen molar-refractivity contribution in [1.29, 1.82) is 0 Å². The molecule has 1 atom stereocenters. The van der Waals surface area contributed by atoms with E-state index >= 15 is 0 Å². The van der Waals surface area contributed by atoms with Gasteiger partial charge in [0.2, 0.25) is 5.82 Å². The number of amides is 1. The molecule has 0 saturated carbocycles. The molecule has 3 rings (SSSR count). The zero-order valence-electron chi connectivity index (χ0n) is 13.8. The number of rotatable bonds is 4. The van der Waals surface area contributed by atoms with E-state index in [-0.39, 0.29) is 36.9 Å². The molecule has 1 fully saturated rings. The topological polar surface area (TPSA) is 106 Å². The van der Waals surface area contributed by atoms with Crippen LogP contribution in [0.4, 0.5) is 13.2 Å². The third kappa shape index (κ3) is 4.42. The summed E-state index contributed by atoms with van der Waals surface area (Å²) >= 11 is 0. The van der Waals surface area contributed by atoms with Crippen LogP contribution in [0.25, 0.3) is 11.4 Å². The summed E-state index contributed by atoms with van der Waals surface area (Å²) < 4.78 is 47.0. The number of nitrogens with zero attached hydrogens (tertiary/aromatic N) is 3. The van der Waals surface area contributed by atoms with Gasteiger partial charge in [-0.1, -0.05) is 17.3 Å². The van der Waals surface area contributed by atoms with Gasteiger partial charge in [-0.05, 0) is 12.1 Å². The summed E-state index contributed by atoms with van der Waals surface area (Å²) in [5, 5.41) is 12.1. The Labute approximate surface area is 150 Å². The Morgan fingerprint density at radius 2 is 1.96 bits per heavy atom. The van der Waals surface area contributed by atoms with Crippen LogP contribution in [0.5, 0.6) is 0 Å². The van der Waals surface area contributed by atoms with E-state index in [9.17, 15) is 22.8 Å². The molecule has 27 heavy (non-hydrogen) atoms. The Balaban J connectivity index is 1.70. The first kappa shape index (κ1) is 18.8. The van der Waals surface area contributed by atoms with Crippen molar-refractivity contribution in [2.75, 3.05) is 19.7 Å². The van der Waals surface area contributed by atoms with E-state index in [1.54, 1.807) is 0 Å². The number of aliphatic carboxylic acids is 1. The number of aromatic nitrogens is 2. The maximum Gasteiger partial charge on any atom is 0.471 e. The van der Waals surface area contributed by atoms with Gasteiger partial charge >= 0.3 is 18.0 Å². The van der Waals surface area contributed by atoms with Crippen molar-refractivity contribution in [2.45, 2.75) is 18.7 Å². The number of carboxylic acids is 1. The molecule has 144 valence electrons. The second-order valence-electron chi connectivity index (χ2n) is 5.84. The Morgan fingerprint density at radius 3 is 2.56 bits per heavy atom. The lowest BCUT2D eigenvalue weighted by Crippen LogP contribution is -2.46. The summed E-state index contributed by atoms with van der Waals surface area (Å²) in [6, 6.07) is 5.69. The molecule has 8 nitrogen and oxygen atoms in total. The van der Waals surface area contributed by atoms with Gasteiger partial charge in [-0.3, -0.25) is 9.59 Å². The van der Waals surface area contributed by atoms with E-state index in [4.69, 9.17) is 9.84 Å². The first-order valence-electron chi connectivity index (χ1n) is 7.88. The summed E-state index contributed by atoms with van der Waals surface area (Å²) in [7, 11) is 0. The van der Waals surface area contributed by atoms with Crippen LogP contribution in [0.3, 0.4) is 0 Å². The van der Waals surface area contributed by atoms with Crippen molar-refractivity contribution in [3.8, 4) is 11.4 Å². The van der Waals surface area contributed by atoms with E-state index in [0.717, 1.165) is 0 Å². The fourth-order valence-electron chi connectivity index (χ4n) is 2.62. The molecule has 2 aromatic rings. The molecule has 0 spiro atoms. The van der Waals surface area contributed by atoms with Gasteiger partial charge in [0.05, 0.1) is 19.1 Å². The standard InChI is InChI=1S/C16H14F3N3O5/c17-16(18,19)15-20-13(21-27-15)9-1-3-10(4-2-9)14(25)22-5-6-26-11(8-22)7-12(23)24/h1-4,11H,5-8H2,(H,23,24). The smallest absolute Gasteiger partial charge is 0.471 e. The van der Waals surface area contributed by atoms with Gasteiger partial charge in [0.25, 0.3) is 5.91 Å². The number of hydrogen-bond acceptors (Lipinski definition) is 6. The minimum Gasteiger partial charge on any atom is -0.481 e. The molecule has 11 heteroatoms. The molecule has 1 aromatic heterocycles. The molecule has 1 saturated heterocycles. The lowest BCUT2D eigenvalue weighted by molar-refractivity contribution is -0.159. The maximum absolute atomic E-state index is 12.5. The van der Waals surface area contributed by atoms with E-state index in [2.05, 4.69) is 14.7 Å². The van der Waals surface area contributed by atoms with Crippen molar-refractivity contribution >= 4 is 11.9 Å². The van der Waals surface area contributed by atoms with Crippen LogP contribution in [-0.4, -0.2) is 57.8 Å². The Kier molecular flexibility index (Phi) is 5.13. The van der Waals surface area contributed by atoms with Gasteiger partial charge in [0.15, 0.2) is 0 Å². The van der Waals surface area contributed by atoms with E-state index in [1.807, 2.05) is 0 Å². The van der Waals surface area contributed by atoms with Crippen LogP contribution in [0.1, 0.15) is 22.7 Å². The zero-order chi connectivity index (χ0) is 19.6. The molecule has 1 aliphatic rings. The van der Waals surface area contributed by atoms with Crippen LogP contribution in [0.2, 0.25) is 0 Å². The summed E-state index contributed by atoms with van der Waals surface area (Å²) in [6.07, 6.45) is -5.52. The number of hydrogen-bond donors (Lipinski definition) is 1. The van der Waals surface area contributed by atoms with Gasteiger partial charge in [-0.15, -0.1) is 0 Å². The predicted octanol–water partition coefficient (Wildman–Crippen LogP) is 2.07. The van der Waals surface area contributed by atoms with Crippen LogP contribution in [-0.2, 0) is 15.7 Å². The first-order chi connectivity index (χ1) is 12.7. The highest BCUT2D eigenvalue weighted by atomic mass is 19.4. The van der Waals surface area contributed by atoms with Crippen molar-refractivity contribution < 1.29 is 37.1 Å². The SMILES string of the molecule is O=C(O)CC1CN(C(=O)c2ccc(-c3noc(C(F)(F)F)n3)cc2)CCO1. The Morgan fingerprint density at radius 1 is 1.26 bits per heavy atom. The summed E-state index contributed by atoms with van der Waals surface area (Å²) in [5.74, 6) is -3.04. The Bertz CT molecular complexity index is 835. The summed E-state index contributed by atoms with van der Waals surface area (Å²) in [4.78, 5) is 28.1. The fraction of sp³-hybridized carbons (Fsp3) is 0.375. The normalized spacial score (nSPS) is 17.7. The highest BCUT2D eigenvalue weighted by molar-refractivity contribution is 5.94. The summed E-state index contributed by atoms with van der Waals surface area (Å²) in [5.41, 5.74) is 0.561. The molecule has 1 N–H and O–H groups in total. The van der Waals surface area contributed by atoms with E-state index < -0.39 is 24.1 Å². The van der Waals surface area contributed by atoms with Crippen LogP contribution < -0.4 is 0 Å². The van der Waals surface area contributed by atoms with Crippen molar-refractivity contribution in [3.05, 3.63) is 35.7 Å². The number of alkyl halides is 3. The highest BCUT2D eigenvalue weighted by Crippen LogP contribution is 2.29. The molecule has 0 bridgehead atoms. The molecule has 2 heterocycles. The number of ether oxygens (including phenoxy) is 1. The zero-order valence-corrected chi connectivity index (χ0v) is 13.8. The average molecular weight is 385 g/mol. The monoisotopic (exact) mass is 385 g/mol. The number of carbonyl (C=O) groups excluding carboxylic acids is 1. The number of morpholine rings is 1. The van der Waals surface area contributed by atoms with Crippen LogP contribution >= 0.6 is 0 Å². The van der Waals surface area contributed by atoms with E-state index in [1.165, 1.54) is 29.2 Å². The van der Waals surface area contributed by atoms with Gasteiger partial charge in [0.1, 0.15) is 0 Å². The lowest BCUT2D eigenvalue weighted by Gasteiger charge is -2.32. The third-order valence-corrected chi connectivity index (χ3v) is 3.89. The van der Waals surface area contributed by atoms with Gasteiger partial charge in [-0.25, -0.2) is 0 Å². The van der Waals surface area contributed by atoms with E-state index in [0.29, 0.717) is 12.1 Å². The minimum absolute atomic E-state index is 0.146. The van der Waals surface area contributed by atoms with Gasteiger partial charge < -0.3 is 19.3 Å². The highest BCUT2D eigenvalue weighted by Gasteiger charge is 2.38. The van der Waals surface area contributed by atoms with Gasteiger partial charge in [-0.2, -0.15) is 18.2 Å². The molecule has 0 aliphatic carbocycles. The fourth-order valence-corrected chi connectivity index (χ4v) is 2.62. The van der Waals surface area contributed by atoms with Gasteiger partial charge in [0, 0.05) is 24.2 Å². The second kappa shape index (κ2) is 7.35. The molecule has 0 radical (unpaired) electrons. The Hall–Kier alpha value is -2.95. The molecule has 1 aliphatic heterocycles. The van der Waals surface area contributed by atoms with Crippen LogP contribution in [0.15, 0.2) is 28.8 Å². The third-order valence-electron chi connectivity index (χ3n) is 3.89. The molecule has 1 unspecified atom stereocenters. The quantitative estimate of drug-likeness (QED) is 0.859.